The van der Waals surface area contributed by atoms with Gasteiger partial charge in [0.2, 0.25) is 0 Å². The fourth-order valence-corrected chi connectivity index (χ4v) is 1.12. The number of carboxylic acid groups (broad SMARTS) is 2. The van der Waals surface area contributed by atoms with E-state index in [2.05, 4.69) is 0 Å². The third-order valence-corrected chi connectivity index (χ3v) is 2.80. The second-order valence-corrected chi connectivity index (χ2v) is 4.52. The van der Waals surface area contributed by atoms with Gasteiger partial charge in [-0.1, -0.05) is 18.2 Å². The molecule has 7 heteroatoms. The van der Waals surface area contributed by atoms with E-state index in [1.54, 1.807) is 24.3 Å². The molecule has 0 aliphatic rings. The van der Waals surface area contributed by atoms with Crippen molar-refractivity contribution in [2.24, 2.45) is 0 Å². The minimum atomic E-state index is -1.57. The third-order valence-electron chi connectivity index (χ3n) is 1.81. The number of benzene rings is 1. The Hall–Kier alpha value is -1.46. The molecule has 1 aromatic carbocycles. The van der Waals surface area contributed by atoms with E-state index in [4.69, 9.17) is 42.9 Å². The molecule has 1 unspecified atom stereocenters. The molecule has 0 spiro atoms. The number of carbonyl (C=O) groups is 2. The van der Waals surface area contributed by atoms with Gasteiger partial charge in [0.25, 0.3) is 5.97 Å². The van der Waals surface area contributed by atoms with Crippen molar-refractivity contribution in [3.63, 3.8) is 0 Å². The lowest BCUT2D eigenvalue weighted by Gasteiger charge is -2.19. The maximum atomic E-state index is 10.8. The Morgan fingerprint density at radius 1 is 1.26 bits per heavy atom. The lowest BCUT2D eigenvalue weighted by atomic mass is 10.2. The number of ether oxygens (including phenoxy) is 1. The number of para-hydroxylation sites is 1. The minimum absolute atomic E-state index is 0.169. The predicted molar refractivity (Wildman–Crippen MR) is 72.2 cm³/mol. The van der Waals surface area contributed by atoms with Crippen LogP contribution in [0.4, 0.5) is 0 Å². The smallest absolute Gasteiger partial charge is 0.329 e. The highest BCUT2D eigenvalue weighted by Crippen LogP contribution is 2.20. The van der Waals surface area contributed by atoms with Gasteiger partial charge in [-0.05, 0) is 12.1 Å². The van der Waals surface area contributed by atoms with Gasteiger partial charge in [0.1, 0.15) is 12.4 Å². The Morgan fingerprint density at radius 3 is 2.11 bits per heavy atom. The van der Waals surface area contributed by atoms with Crippen LogP contribution in [0.5, 0.6) is 5.75 Å². The molecule has 1 rings (SSSR count). The van der Waals surface area contributed by atoms with Crippen LogP contribution in [0.3, 0.4) is 0 Å². The van der Waals surface area contributed by atoms with Gasteiger partial charge in [0.05, 0.1) is 5.88 Å². The second-order valence-electron chi connectivity index (χ2n) is 3.52. The first kappa shape index (κ1) is 17.5. The number of hydrogen-bond acceptors (Lipinski definition) is 3. The van der Waals surface area contributed by atoms with Crippen LogP contribution in [0, 0.1) is 0 Å². The number of halogens is 2. The summed E-state index contributed by atoms with van der Waals surface area (Å²) in [5.41, 5.74) is 0. The molecule has 0 saturated carbocycles. The van der Waals surface area contributed by atoms with E-state index in [0.29, 0.717) is 5.75 Å². The summed E-state index contributed by atoms with van der Waals surface area (Å²) in [5, 5.41) is 16.2. The number of hydrogen-bond donors (Lipinski definition) is 2. The van der Waals surface area contributed by atoms with E-state index in [1.165, 1.54) is 0 Å². The molecule has 19 heavy (non-hydrogen) atoms. The van der Waals surface area contributed by atoms with Crippen LogP contribution in [-0.2, 0) is 9.59 Å². The van der Waals surface area contributed by atoms with E-state index in [-0.39, 0.29) is 12.5 Å². The first-order valence-corrected chi connectivity index (χ1v) is 6.08. The molecule has 0 bridgehead atoms. The molecule has 0 amide bonds. The first-order chi connectivity index (χ1) is 8.81. The molecule has 0 heterocycles. The molecule has 0 aromatic heterocycles. The molecule has 1 atom stereocenters. The third kappa shape index (κ3) is 7.54. The van der Waals surface area contributed by atoms with Gasteiger partial charge >= 0.3 is 5.97 Å². The summed E-state index contributed by atoms with van der Waals surface area (Å²) in [6.45, 7) is 0.914. The second kappa shape index (κ2) is 8.61. The van der Waals surface area contributed by atoms with E-state index >= 15 is 0 Å². The van der Waals surface area contributed by atoms with Crippen molar-refractivity contribution < 1.29 is 24.5 Å². The highest BCUT2D eigenvalue weighted by atomic mass is 35.5. The Balaban J connectivity index is 0.000000711. The van der Waals surface area contributed by atoms with Crippen molar-refractivity contribution in [3.05, 3.63) is 30.3 Å². The average molecular weight is 309 g/mol. The standard InChI is InChI=1S/C10H10Cl2O3.C2H4O2/c11-6-10(12,9(13)14)7-15-8-4-2-1-3-5-8;1-2(3)4/h1-5H,6-7H2,(H,13,14);1H3,(H,3,4). The van der Waals surface area contributed by atoms with Crippen LogP contribution in [-0.4, -0.2) is 39.5 Å². The van der Waals surface area contributed by atoms with E-state index in [1.807, 2.05) is 6.07 Å². The molecule has 0 saturated heterocycles. The Labute approximate surface area is 120 Å². The normalized spacial score (nSPS) is 12.6. The number of alkyl halides is 2. The zero-order valence-corrected chi connectivity index (χ0v) is 11.7. The lowest BCUT2D eigenvalue weighted by molar-refractivity contribution is -0.140. The molecule has 0 aliphatic heterocycles. The summed E-state index contributed by atoms with van der Waals surface area (Å²) in [5.74, 6) is -1.67. The molecular weight excluding hydrogens is 295 g/mol. The zero-order chi connectivity index (χ0) is 14.9. The summed E-state index contributed by atoms with van der Waals surface area (Å²) >= 11 is 11.2. The van der Waals surface area contributed by atoms with Crippen LogP contribution in [0.2, 0.25) is 0 Å². The van der Waals surface area contributed by atoms with Crippen LogP contribution >= 0.6 is 23.2 Å². The topological polar surface area (TPSA) is 83.8 Å². The summed E-state index contributed by atoms with van der Waals surface area (Å²) in [6, 6.07) is 8.83. The van der Waals surface area contributed by atoms with Gasteiger partial charge in [0.15, 0.2) is 4.87 Å². The van der Waals surface area contributed by atoms with Crippen LogP contribution in [0.15, 0.2) is 30.3 Å². The van der Waals surface area contributed by atoms with Crippen molar-refractivity contribution in [2.45, 2.75) is 11.8 Å². The molecule has 0 aliphatic carbocycles. The van der Waals surface area contributed by atoms with E-state index in [0.717, 1.165) is 6.92 Å². The Morgan fingerprint density at radius 2 is 1.74 bits per heavy atom. The lowest BCUT2D eigenvalue weighted by Crippen LogP contribution is -2.40. The number of rotatable bonds is 5. The van der Waals surface area contributed by atoms with Gasteiger partial charge < -0.3 is 14.9 Å². The summed E-state index contributed by atoms with van der Waals surface area (Å²) < 4.78 is 5.23. The average Bonchev–Trinajstić information content (AvgIpc) is 2.36. The summed E-state index contributed by atoms with van der Waals surface area (Å²) in [7, 11) is 0. The minimum Gasteiger partial charge on any atom is -0.491 e. The molecule has 0 fully saturated rings. The fraction of sp³-hybridized carbons (Fsp3) is 0.333. The SMILES string of the molecule is CC(=O)O.O=C(O)C(Cl)(CCl)COc1ccccc1. The van der Waals surface area contributed by atoms with Crippen LogP contribution in [0.25, 0.3) is 0 Å². The van der Waals surface area contributed by atoms with Crippen molar-refractivity contribution in [2.75, 3.05) is 12.5 Å². The van der Waals surface area contributed by atoms with Crippen molar-refractivity contribution >= 4 is 35.1 Å². The quantitative estimate of drug-likeness (QED) is 0.816. The maximum Gasteiger partial charge on any atom is 0.329 e. The highest BCUT2D eigenvalue weighted by molar-refractivity contribution is 6.39. The van der Waals surface area contributed by atoms with Crippen molar-refractivity contribution in [3.8, 4) is 5.75 Å². The van der Waals surface area contributed by atoms with Crippen LogP contribution in [0.1, 0.15) is 6.92 Å². The fourth-order valence-electron chi connectivity index (χ4n) is 0.872. The summed E-state index contributed by atoms with van der Waals surface area (Å²) in [4.78, 5) is 18.2. The van der Waals surface area contributed by atoms with E-state index in [9.17, 15) is 4.79 Å². The van der Waals surface area contributed by atoms with Gasteiger partial charge in [-0.25, -0.2) is 0 Å². The molecule has 106 valence electrons. The first-order valence-electron chi connectivity index (χ1n) is 5.17. The van der Waals surface area contributed by atoms with Crippen molar-refractivity contribution in [1.82, 2.24) is 0 Å². The largest absolute Gasteiger partial charge is 0.491 e. The summed E-state index contributed by atoms with van der Waals surface area (Å²) in [6.07, 6.45) is 0. The van der Waals surface area contributed by atoms with Gasteiger partial charge in [-0.15, -0.1) is 23.2 Å². The van der Waals surface area contributed by atoms with Gasteiger partial charge in [-0.2, -0.15) is 0 Å². The predicted octanol–water partition coefficient (Wildman–Crippen LogP) is 2.46. The molecule has 1 aromatic rings. The van der Waals surface area contributed by atoms with Crippen molar-refractivity contribution in [1.29, 1.82) is 0 Å². The molecular formula is C12H14Cl2O5. The number of carboxylic acids is 2. The highest BCUT2D eigenvalue weighted by Gasteiger charge is 2.36. The maximum absolute atomic E-state index is 10.8. The van der Waals surface area contributed by atoms with Gasteiger partial charge in [-0.3, -0.25) is 9.59 Å². The van der Waals surface area contributed by atoms with E-state index < -0.39 is 16.8 Å². The zero-order valence-electron chi connectivity index (χ0n) is 10.2. The monoisotopic (exact) mass is 308 g/mol. The molecule has 2 N–H and O–H groups in total. The molecule has 5 nitrogen and oxygen atoms in total. The number of aliphatic carboxylic acids is 2. The van der Waals surface area contributed by atoms with Crippen LogP contribution < -0.4 is 4.74 Å². The molecule has 0 radical (unpaired) electrons. The van der Waals surface area contributed by atoms with Gasteiger partial charge in [0, 0.05) is 6.92 Å². The Kier molecular flexibility index (Phi) is 7.95. The Bertz CT molecular complexity index is 406.